The van der Waals surface area contributed by atoms with Gasteiger partial charge in [-0.15, -0.1) is 5.10 Å². The molecule has 0 aliphatic carbocycles. The Morgan fingerprint density at radius 2 is 1.70 bits per heavy atom. The van der Waals surface area contributed by atoms with Crippen LogP contribution in [-0.4, -0.2) is 30.4 Å². The first kappa shape index (κ1) is 21.1. The van der Waals surface area contributed by atoms with Crippen molar-refractivity contribution in [2.45, 2.75) is 18.1 Å². The Balaban J connectivity index is 1.62. The summed E-state index contributed by atoms with van der Waals surface area (Å²) in [4.78, 5) is 14.2. The molecule has 0 saturated carbocycles. The van der Waals surface area contributed by atoms with Gasteiger partial charge < -0.3 is 10.2 Å². The van der Waals surface area contributed by atoms with Gasteiger partial charge in [-0.1, -0.05) is 54.2 Å². The van der Waals surface area contributed by atoms with Crippen molar-refractivity contribution in [1.82, 2.24) is 5.32 Å². The van der Waals surface area contributed by atoms with E-state index in [1.54, 1.807) is 6.21 Å². The monoisotopic (exact) mass is 416 g/mol. The molecule has 1 atom stereocenters. The minimum absolute atomic E-state index is 0.0978. The number of hydrogen-bond donors (Lipinski definition) is 1. The molecule has 1 aliphatic rings. The number of thioether (sulfide) groups is 1. The van der Waals surface area contributed by atoms with Crippen molar-refractivity contribution < 1.29 is 4.79 Å². The van der Waals surface area contributed by atoms with Crippen LogP contribution in [0.1, 0.15) is 29.2 Å². The van der Waals surface area contributed by atoms with Crippen molar-refractivity contribution in [1.29, 1.82) is 10.5 Å². The van der Waals surface area contributed by atoms with E-state index >= 15 is 0 Å². The Morgan fingerprint density at radius 3 is 2.33 bits per heavy atom. The summed E-state index contributed by atoms with van der Waals surface area (Å²) in [6.07, 6.45) is 2.42. The summed E-state index contributed by atoms with van der Waals surface area (Å²) in [6, 6.07) is 21.5. The first-order valence-corrected chi connectivity index (χ1v) is 10.3. The van der Waals surface area contributed by atoms with Crippen LogP contribution >= 0.6 is 11.8 Å². The molecule has 0 unspecified atom stereocenters. The average molecular weight is 417 g/mol. The van der Waals surface area contributed by atoms with Crippen LogP contribution in [0.25, 0.3) is 0 Å². The molecule has 1 amide bonds. The van der Waals surface area contributed by atoms with Crippen LogP contribution in [0, 0.1) is 22.7 Å². The molecule has 0 spiro atoms. The third kappa shape index (κ3) is 5.69. The maximum Gasteiger partial charge on any atom is 0.244 e. The van der Waals surface area contributed by atoms with Crippen LogP contribution < -0.4 is 10.2 Å². The maximum atomic E-state index is 12.2. The highest BCUT2D eigenvalue weighted by Gasteiger charge is 2.31. The SMILES string of the molecule is N#CCCN(CCC#N)c1ccc(/C=N/N=C2NC(=O)[C@H](c3ccccc3)S2)cc1. The fraction of sp³-hybridized carbons (Fsp3) is 0.227. The number of nitriles is 2. The summed E-state index contributed by atoms with van der Waals surface area (Å²) < 4.78 is 0. The molecule has 3 rings (SSSR count). The largest absolute Gasteiger partial charge is 0.369 e. The molecule has 7 nitrogen and oxygen atoms in total. The number of hydrogen-bond acceptors (Lipinski definition) is 7. The Kier molecular flexibility index (Phi) is 7.59. The highest BCUT2D eigenvalue weighted by molar-refractivity contribution is 8.15. The van der Waals surface area contributed by atoms with E-state index in [1.807, 2.05) is 59.5 Å². The molecule has 1 N–H and O–H groups in total. The van der Waals surface area contributed by atoms with Crippen molar-refractivity contribution in [3.63, 3.8) is 0 Å². The first-order chi connectivity index (χ1) is 14.7. The lowest BCUT2D eigenvalue weighted by molar-refractivity contribution is -0.118. The quantitative estimate of drug-likeness (QED) is 0.523. The number of nitrogens with one attached hydrogen (secondary N) is 1. The Labute approximate surface area is 179 Å². The van der Waals surface area contributed by atoms with E-state index in [0.717, 1.165) is 16.8 Å². The fourth-order valence-corrected chi connectivity index (χ4v) is 3.86. The van der Waals surface area contributed by atoms with Gasteiger partial charge in [-0.3, -0.25) is 4.79 Å². The third-order valence-electron chi connectivity index (χ3n) is 4.40. The molecule has 2 aromatic carbocycles. The van der Waals surface area contributed by atoms with Crippen LogP contribution in [0.5, 0.6) is 0 Å². The lowest BCUT2D eigenvalue weighted by atomic mass is 10.1. The smallest absolute Gasteiger partial charge is 0.244 e. The van der Waals surface area contributed by atoms with E-state index in [-0.39, 0.29) is 11.2 Å². The molecule has 1 heterocycles. The molecule has 8 heteroatoms. The third-order valence-corrected chi connectivity index (χ3v) is 5.53. The van der Waals surface area contributed by atoms with Gasteiger partial charge in [0.2, 0.25) is 5.91 Å². The van der Waals surface area contributed by atoms with Gasteiger partial charge in [-0.25, -0.2) is 0 Å². The predicted octanol–water partition coefficient (Wildman–Crippen LogP) is 3.61. The molecule has 2 aromatic rings. The zero-order valence-corrected chi connectivity index (χ0v) is 17.0. The van der Waals surface area contributed by atoms with Gasteiger partial charge in [-0.2, -0.15) is 15.6 Å². The Bertz CT molecular complexity index is 987. The van der Waals surface area contributed by atoms with Gasteiger partial charge in [0.05, 0.1) is 31.2 Å². The molecule has 1 saturated heterocycles. The van der Waals surface area contributed by atoms with Crippen molar-refractivity contribution in [3.8, 4) is 12.1 Å². The van der Waals surface area contributed by atoms with Crippen molar-refractivity contribution in [2.75, 3.05) is 18.0 Å². The van der Waals surface area contributed by atoms with Crippen LogP contribution in [0.4, 0.5) is 5.69 Å². The lowest BCUT2D eigenvalue weighted by Gasteiger charge is -2.22. The first-order valence-electron chi connectivity index (χ1n) is 9.43. The van der Waals surface area contributed by atoms with E-state index < -0.39 is 0 Å². The maximum absolute atomic E-state index is 12.2. The van der Waals surface area contributed by atoms with Gasteiger partial charge in [-0.05, 0) is 23.3 Å². The molecule has 1 fully saturated rings. The molecule has 1 aliphatic heterocycles. The van der Waals surface area contributed by atoms with Crippen LogP contribution in [0.3, 0.4) is 0 Å². The van der Waals surface area contributed by atoms with Crippen molar-refractivity contribution in [3.05, 3.63) is 65.7 Å². The Morgan fingerprint density at radius 1 is 1.03 bits per heavy atom. The van der Waals surface area contributed by atoms with Crippen LogP contribution in [0.15, 0.2) is 64.8 Å². The van der Waals surface area contributed by atoms with E-state index in [1.165, 1.54) is 11.8 Å². The van der Waals surface area contributed by atoms with E-state index in [2.05, 4.69) is 27.7 Å². The summed E-state index contributed by atoms with van der Waals surface area (Å²) in [7, 11) is 0. The number of benzene rings is 2. The zero-order chi connectivity index (χ0) is 21.2. The molecule has 0 bridgehead atoms. The second-order valence-corrected chi connectivity index (χ2v) is 7.54. The second kappa shape index (κ2) is 10.8. The predicted molar refractivity (Wildman–Crippen MR) is 119 cm³/mol. The highest BCUT2D eigenvalue weighted by Crippen LogP contribution is 2.34. The number of rotatable bonds is 8. The van der Waals surface area contributed by atoms with Crippen LogP contribution in [0.2, 0.25) is 0 Å². The number of nitrogens with zero attached hydrogens (tertiary/aromatic N) is 5. The summed E-state index contributed by atoms with van der Waals surface area (Å²) in [5, 5.41) is 28.8. The topological polar surface area (TPSA) is 105 Å². The van der Waals surface area contributed by atoms with Crippen molar-refractivity contribution >= 4 is 34.7 Å². The van der Waals surface area contributed by atoms with Gasteiger partial charge in [0.15, 0.2) is 5.17 Å². The second-order valence-electron chi connectivity index (χ2n) is 6.44. The number of amides is 1. The average Bonchev–Trinajstić information content (AvgIpc) is 3.15. The minimum Gasteiger partial charge on any atom is -0.369 e. The van der Waals surface area contributed by atoms with Gasteiger partial charge >= 0.3 is 0 Å². The lowest BCUT2D eigenvalue weighted by Crippen LogP contribution is -2.25. The summed E-state index contributed by atoms with van der Waals surface area (Å²) >= 11 is 1.34. The van der Waals surface area contributed by atoms with Gasteiger partial charge in [0, 0.05) is 18.8 Å². The van der Waals surface area contributed by atoms with E-state index in [4.69, 9.17) is 10.5 Å². The minimum atomic E-state index is -0.313. The Hall–Kier alpha value is -3.62. The van der Waals surface area contributed by atoms with E-state index in [0.29, 0.717) is 31.1 Å². The molecular formula is C22H20N6OS. The molecule has 150 valence electrons. The number of anilines is 1. The summed E-state index contributed by atoms with van der Waals surface area (Å²) in [5.41, 5.74) is 2.74. The summed E-state index contributed by atoms with van der Waals surface area (Å²) in [6.45, 7) is 1.16. The van der Waals surface area contributed by atoms with Gasteiger partial charge in [0.1, 0.15) is 5.25 Å². The highest BCUT2D eigenvalue weighted by atomic mass is 32.2. The zero-order valence-electron chi connectivity index (χ0n) is 16.2. The van der Waals surface area contributed by atoms with Crippen LogP contribution in [-0.2, 0) is 4.79 Å². The molecular weight excluding hydrogens is 396 g/mol. The van der Waals surface area contributed by atoms with Gasteiger partial charge in [0.25, 0.3) is 0 Å². The standard InChI is InChI=1S/C22H20N6OS/c23-12-4-14-28(15-5-13-24)19-10-8-17(9-11-19)16-25-27-22-26-21(29)20(30-22)18-6-2-1-3-7-18/h1-3,6-11,16,20H,4-5,14-15H2,(H,26,27,29)/b25-16+/t20-/m0/s1. The number of carbonyl (C=O) groups is 1. The molecule has 0 aromatic heterocycles. The number of amidine groups is 1. The molecule has 0 radical (unpaired) electrons. The number of carbonyl (C=O) groups excluding carboxylic acids is 1. The normalized spacial score (nSPS) is 16.9. The fourth-order valence-electron chi connectivity index (χ4n) is 2.92. The summed E-state index contributed by atoms with van der Waals surface area (Å²) in [5.74, 6) is -0.0978. The molecule has 30 heavy (non-hydrogen) atoms. The van der Waals surface area contributed by atoms with E-state index in [9.17, 15) is 4.79 Å². The van der Waals surface area contributed by atoms with Crippen molar-refractivity contribution in [2.24, 2.45) is 10.2 Å².